The number of nitrogens with one attached hydrogen (secondary N) is 1. The molecule has 33 heavy (non-hydrogen) atoms. The first-order valence-electron chi connectivity index (χ1n) is 11.0. The van der Waals surface area contributed by atoms with E-state index in [0.717, 1.165) is 51.6 Å². The van der Waals surface area contributed by atoms with Gasteiger partial charge in [-0.3, -0.25) is 0 Å². The third-order valence-corrected chi connectivity index (χ3v) is 5.94. The van der Waals surface area contributed by atoms with Gasteiger partial charge in [0.05, 0.1) is 12.7 Å². The molecule has 2 aromatic carbocycles. The van der Waals surface area contributed by atoms with E-state index in [2.05, 4.69) is 45.0 Å². The maximum atomic E-state index is 6.08. The molecule has 0 aliphatic heterocycles. The van der Waals surface area contributed by atoms with E-state index < -0.39 is 0 Å². The molecule has 0 aliphatic carbocycles. The Labute approximate surface area is 197 Å². The number of ether oxygens (including phenoxy) is 2. The number of H-pyrrole nitrogens is 1. The summed E-state index contributed by atoms with van der Waals surface area (Å²) in [4.78, 5) is 12.8. The van der Waals surface area contributed by atoms with Crippen LogP contribution in [0.3, 0.4) is 0 Å². The first-order chi connectivity index (χ1) is 16.1. The van der Waals surface area contributed by atoms with Crippen molar-refractivity contribution >= 4 is 22.5 Å². The van der Waals surface area contributed by atoms with Gasteiger partial charge in [0.15, 0.2) is 5.65 Å². The summed E-state index contributed by atoms with van der Waals surface area (Å²) in [5, 5.41) is 4.24. The van der Waals surface area contributed by atoms with E-state index in [4.69, 9.17) is 14.5 Å². The van der Waals surface area contributed by atoms with E-state index in [1.54, 1.807) is 11.3 Å². The Kier molecular flexibility index (Phi) is 6.09. The molecule has 5 rings (SSSR count). The predicted molar refractivity (Wildman–Crippen MR) is 134 cm³/mol. The monoisotopic (exact) mass is 455 g/mol. The van der Waals surface area contributed by atoms with Gasteiger partial charge in [-0.1, -0.05) is 30.3 Å². The Morgan fingerprint density at radius 3 is 2.58 bits per heavy atom. The first-order valence-corrected chi connectivity index (χ1v) is 12.0. The van der Waals surface area contributed by atoms with E-state index in [9.17, 15) is 0 Å². The van der Waals surface area contributed by atoms with Crippen LogP contribution in [0, 0.1) is 0 Å². The van der Waals surface area contributed by atoms with Crippen molar-refractivity contribution in [1.29, 1.82) is 0 Å². The molecule has 166 valence electrons. The summed E-state index contributed by atoms with van der Waals surface area (Å²) in [7, 11) is 0. The quantitative estimate of drug-likeness (QED) is 0.281. The maximum absolute atomic E-state index is 6.08. The smallest absolute Gasteiger partial charge is 0.157 e. The molecule has 0 radical (unpaired) electrons. The van der Waals surface area contributed by atoms with Crippen LogP contribution in [0.1, 0.15) is 19.4 Å². The van der Waals surface area contributed by atoms with Gasteiger partial charge >= 0.3 is 0 Å². The van der Waals surface area contributed by atoms with Crippen molar-refractivity contribution < 1.29 is 9.47 Å². The third-order valence-electron chi connectivity index (χ3n) is 5.21. The average molecular weight is 456 g/mol. The largest absolute Gasteiger partial charge is 0.493 e. The number of thiophene rings is 1. The number of hydrogen-bond donors (Lipinski definition) is 1. The molecule has 0 fully saturated rings. The Morgan fingerprint density at radius 1 is 0.939 bits per heavy atom. The number of hydrogen-bond acceptors (Lipinski definition) is 5. The number of rotatable bonds is 8. The van der Waals surface area contributed by atoms with Crippen LogP contribution in [-0.4, -0.2) is 27.7 Å². The van der Waals surface area contributed by atoms with Gasteiger partial charge in [0.2, 0.25) is 0 Å². The molecule has 0 atom stereocenters. The summed E-state index contributed by atoms with van der Waals surface area (Å²) in [6, 6.07) is 20.3. The van der Waals surface area contributed by atoms with Gasteiger partial charge in [-0.15, -0.1) is 0 Å². The number of benzene rings is 2. The Balaban J connectivity index is 1.44. The number of fused-ring (bicyclic) bond motifs is 1. The minimum absolute atomic E-state index is 0.0599. The molecule has 0 unspecified atom stereocenters. The van der Waals surface area contributed by atoms with Crippen molar-refractivity contribution in [1.82, 2.24) is 15.0 Å². The summed E-state index contributed by atoms with van der Waals surface area (Å²) in [5.41, 5.74) is 5.91. The number of nitrogens with zero attached hydrogens (tertiary/aromatic N) is 2. The van der Waals surface area contributed by atoms with E-state index in [-0.39, 0.29) is 6.10 Å². The molecule has 0 spiro atoms. The summed E-state index contributed by atoms with van der Waals surface area (Å²) in [6.45, 7) is 4.63. The van der Waals surface area contributed by atoms with Crippen LogP contribution in [0.4, 0.5) is 0 Å². The first kappa shape index (κ1) is 21.2. The van der Waals surface area contributed by atoms with Crippen LogP contribution in [0.5, 0.6) is 11.5 Å². The van der Waals surface area contributed by atoms with E-state index in [0.29, 0.717) is 6.61 Å². The zero-order valence-electron chi connectivity index (χ0n) is 18.6. The molecule has 6 heteroatoms. The minimum Gasteiger partial charge on any atom is -0.493 e. The third kappa shape index (κ3) is 5.07. The molecule has 0 saturated carbocycles. The zero-order chi connectivity index (χ0) is 22.6. The lowest BCUT2D eigenvalue weighted by Crippen LogP contribution is -2.06. The lowest BCUT2D eigenvalue weighted by Gasteiger charge is -2.13. The van der Waals surface area contributed by atoms with Gasteiger partial charge < -0.3 is 14.5 Å². The second-order valence-electron chi connectivity index (χ2n) is 8.13. The molecule has 5 aromatic rings. The molecule has 5 nitrogen and oxygen atoms in total. The number of aromatic amines is 1. The van der Waals surface area contributed by atoms with Crippen LogP contribution in [0.15, 0.2) is 77.6 Å². The van der Waals surface area contributed by atoms with E-state index in [1.807, 2.05) is 56.4 Å². The lowest BCUT2D eigenvalue weighted by molar-refractivity contribution is 0.240. The second kappa shape index (κ2) is 9.46. The van der Waals surface area contributed by atoms with E-state index in [1.165, 1.54) is 5.56 Å². The predicted octanol–water partition coefficient (Wildman–Crippen LogP) is 6.76. The van der Waals surface area contributed by atoms with Crippen LogP contribution in [0.25, 0.3) is 33.7 Å². The Hall–Kier alpha value is -3.64. The summed E-state index contributed by atoms with van der Waals surface area (Å²) >= 11 is 1.70. The van der Waals surface area contributed by atoms with E-state index >= 15 is 0 Å². The van der Waals surface area contributed by atoms with Gasteiger partial charge in [0, 0.05) is 29.8 Å². The minimum atomic E-state index is 0.0599. The Morgan fingerprint density at radius 2 is 1.79 bits per heavy atom. The lowest BCUT2D eigenvalue weighted by atomic mass is 10.1. The SMILES string of the molecule is CC(C)Oc1cc(OCCc2ccsc2)cc(-c2nc3cc(-c4ccccc4)cnc3[nH]2)c1. The van der Waals surface area contributed by atoms with Crippen LogP contribution in [0.2, 0.25) is 0 Å². The number of aromatic nitrogens is 3. The fourth-order valence-corrected chi connectivity index (χ4v) is 4.38. The summed E-state index contributed by atoms with van der Waals surface area (Å²) in [6.07, 6.45) is 2.80. The fourth-order valence-electron chi connectivity index (χ4n) is 3.67. The molecule has 0 bridgehead atoms. The van der Waals surface area contributed by atoms with Crippen molar-refractivity contribution in [2.45, 2.75) is 26.4 Å². The Bertz CT molecular complexity index is 1340. The summed E-state index contributed by atoms with van der Waals surface area (Å²) < 4.78 is 12.1. The van der Waals surface area contributed by atoms with Crippen LogP contribution >= 0.6 is 11.3 Å². The van der Waals surface area contributed by atoms with Crippen molar-refractivity contribution in [3.8, 4) is 34.0 Å². The van der Waals surface area contributed by atoms with Crippen molar-refractivity contribution in [3.05, 3.63) is 83.2 Å². The highest BCUT2D eigenvalue weighted by atomic mass is 32.1. The molecular formula is C27H25N3O2S. The highest BCUT2D eigenvalue weighted by Gasteiger charge is 2.12. The van der Waals surface area contributed by atoms with Gasteiger partial charge in [-0.25, -0.2) is 9.97 Å². The fraction of sp³-hybridized carbons (Fsp3) is 0.185. The van der Waals surface area contributed by atoms with Crippen LogP contribution in [-0.2, 0) is 6.42 Å². The molecule has 3 aromatic heterocycles. The maximum Gasteiger partial charge on any atom is 0.157 e. The molecule has 3 heterocycles. The topological polar surface area (TPSA) is 60.0 Å². The highest BCUT2D eigenvalue weighted by molar-refractivity contribution is 7.07. The van der Waals surface area contributed by atoms with Gasteiger partial charge in [-0.05, 0) is 60.0 Å². The molecule has 0 amide bonds. The van der Waals surface area contributed by atoms with Crippen LogP contribution < -0.4 is 9.47 Å². The normalized spacial score (nSPS) is 11.2. The molecule has 0 aliphatic rings. The zero-order valence-corrected chi connectivity index (χ0v) is 19.4. The van der Waals surface area contributed by atoms with Crippen molar-refractivity contribution in [3.63, 3.8) is 0 Å². The van der Waals surface area contributed by atoms with Gasteiger partial charge in [0.1, 0.15) is 22.8 Å². The number of pyridine rings is 1. The van der Waals surface area contributed by atoms with Gasteiger partial charge in [0.25, 0.3) is 0 Å². The molecule has 0 saturated heterocycles. The standard InChI is InChI=1S/C27H25N3O2S/c1-18(2)32-24-13-21(12-23(15-24)31-10-8-19-9-11-33-17-19)26-29-25-14-22(16-28-27(25)30-26)20-6-4-3-5-7-20/h3-7,9,11-18H,8,10H2,1-2H3,(H,28,29,30). The average Bonchev–Trinajstić information content (AvgIpc) is 3.48. The summed E-state index contributed by atoms with van der Waals surface area (Å²) in [5.74, 6) is 2.25. The molecule has 1 N–H and O–H groups in total. The van der Waals surface area contributed by atoms with Crippen molar-refractivity contribution in [2.75, 3.05) is 6.61 Å². The number of imidazole rings is 1. The van der Waals surface area contributed by atoms with Crippen molar-refractivity contribution in [2.24, 2.45) is 0 Å². The molecular weight excluding hydrogens is 430 g/mol. The van der Waals surface area contributed by atoms with Gasteiger partial charge in [-0.2, -0.15) is 11.3 Å². The second-order valence-corrected chi connectivity index (χ2v) is 8.91. The highest BCUT2D eigenvalue weighted by Crippen LogP contribution is 2.31.